The lowest BCUT2D eigenvalue weighted by Crippen LogP contribution is -2.12. The van der Waals surface area contributed by atoms with Gasteiger partial charge in [0.1, 0.15) is 11.4 Å². The van der Waals surface area contributed by atoms with Crippen molar-refractivity contribution in [3.8, 4) is 11.6 Å². The third-order valence-electron chi connectivity index (χ3n) is 4.67. The molecule has 0 amide bonds. The van der Waals surface area contributed by atoms with Crippen molar-refractivity contribution in [2.75, 3.05) is 5.32 Å². The van der Waals surface area contributed by atoms with Crippen LogP contribution >= 0.6 is 0 Å². The van der Waals surface area contributed by atoms with Crippen LogP contribution in [0.4, 0.5) is 11.6 Å². The Morgan fingerprint density at radius 1 is 1.07 bits per heavy atom. The van der Waals surface area contributed by atoms with Crippen molar-refractivity contribution < 1.29 is 4.74 Å². The fourth-order valence-corrected chi connectivity index (χ4v) is 3.19. The topological polar surface area (TPSA) is 62.8 Å². The highest BCUT2D eigenvalue weighted by Crippen LogP contribution is 2.36. The Morgan fingerprint density at radius 3 is 2.69 bits per heavy atom. The summed E-state index contributed by atoms with van der Waals surface area (Å²) in [5.41, 5.74) is 4.67. The summed E-state index contributed by atoms with van der Waals surface area (Å²) in [7, 11) is 0. The molecule has 0 unspecified atom stereocenters. The summed E-state index contributed by atoms with van der Waals surface area (Å²) in [6.45, 7) is 10.3. The number of hydrogen-bond acceptors (Lipinski definition) is 4. The van der Waals surface area contributed by atoms with Gasteiger partial charge in [0.05, 0.1) is 11.0 Å². The van der Waals surface area contributed by atoms with Crippen LogP contribution in [0.15, 0.2) is 67.4 Å². The van der Waals surface area contributed by atoms with Gasteiger partial charge in [0, 0.05) is 11.8 Å². The number of nitrogens with zero attached hydrogens (tertiary/aromatic N) is 2. The highest BCUT2D eigenvalue weighted by Gasteiger charge is 2.20. The van der Waals surface area contributed by atoms with Gasteiger partial charge in [-0.15, -0.1) is 0 Å². The number of ether oxygens (including phenoxy) is 1. The lowest BCUT2D eigenvalue weighted by molar-refractivity contribution is 0.442. The van der Waals surface area contributed by atoms with E-state index in [1.54, 1.807) is 6.20 Å². The Bertz CT molecular complexity index is 1170. The molecule has 0 radical (unpaired) electrons. The summed E-state index contributed by atoms with van der Waals surface area (Å²) in [5.74, 6) is 1.92. The molecule has 2 aromatic heterocycles. The van der Waals surface area contributed by atoms with Crippen LogP contribution in [0.3, 0.4) is 0 Å². The quantitative estimate of drug-likeness (QED) is 0.416. The lowest BCUT2D eigenvalue weighted by Gasteiger charge is -2.22. The molecule has 0 spiro atoms. The number of anilines is 2. The smallest absolute Gasteiger partial charge is 0.243 e. The molecule has 0 saturated heterocycles. The molecule has 0 aliphatic carbocycles. The van der Waals surface area contributed by atoms with Gasteiger partial charge in [0.15, 0.2) is 0 Å². The zero-order chi connectivity index (χ0) is 20.4. The van der Waals surface area contributed by atoms with Crippen LogP contribution in [0.2, 0.25) is 0 Å². The van der Waals surface area contributed by atoms with E-state index in [0.29, 0.717) is 11.8 Å². The molecule has 146 valence electrons. The number of benzene rings is 2. The number of imidazole rings is 1. The van der Waals surface area contributed by atoms with E-state index in [9.17, 15) is 0 Å². The van der Waals surface area contributed by atoms with Gasteiger partial charge in [-0.2, -0.15) is 0 Å². The second kappa shape index (κ2) is 7.43. The number of nitrogens with one attached hydrogen (secondary N) is 2. The van der Waals surface area contributed by atoms with Gasteiger partial charge < -0.3 is 15.0 Å². The molecule has 4 aromatic rings. The molecule has 4 rings (SSSR count). The van der Waals surface area contributed by atoms with Crippen LogP contribution in [-0.2, 0) is 5.41 Å². The number of pyridine rings is 1. The second-order valence-electron chi connectivity index (χ2n) is 7.90. The zero-order valence-electron chi connectivity index (χ0n) is 16.9. The summed E-state index contributed by atoms with van der Waals surface area (Å²) in [4.78, 5) is 12.3. The fraction of sp³-hybridized carbons (Fsp3) is 0.167. The number of aromatic nitrogens is 3. The molecule has 0 saturated carbocycles. The maximum atomic E-state index is 6.22. The van der Waals surface area contributed by atoms with Crippen molar-refractivity contribution in [3.05, 3.63) is 78.5 Å². The van der Waals surface area contributed by atoms with Crippen molar-refractivity contribution in [2.45, 2.75) is 26.2 Å². The highest BCUT2D eigenvalue weighted by atomic mass is 16.5. The molecule has 0 fully saturated rings. The van der Waals surface area contributed by atoms with Crippen molar-refractivity contribution in [3.63, 3.8) is 0 Å². The number of para-hydroxylation sites is 1. The summed E-state index contributed by atoms with van der Waals surface area (Å²) in [6.07, 6.45) is 3.53. The molecule has 2 N–H and O–H groups in total. The average molecular weight is 384 g/mol. The van der Waals surface area contributed by atoms with Crippen molar-refractivity contribution >= 4 is 28.7 Å². The first kappa shape index (κ1) is 18.7. The molecule has 5 nitrogen and oxygen atoms in total. The lowest BCUT2D eigenvalue weighted by atomic mass is 9.86. The first-order valence-corrected chi connectivity index (χ1v) is 9.55. The molecule has 2 heterocycles. The van der Waals surface area contributed by atoms with Gasteiger partial charge >= 0.3 is 0 Å². The van der Waals surface area contributed by atoms with Crippen molar-refractivity contribution in [1.29, 1.82) is 0 Å². The Kier molecular flexibility index (Phi) is 4.80. The molecular weight excluding hydrogens is 360 g/mol. The largest absolute Gasteiger partial charge is 0.437 e. The van der Waals surface area contributed by atoms with Crippen molar-refractivity contribution in [1.82, 2.24) is 15.0 Å². The van der Waals surface area contributed by atoms with Crippen LogP contribution in [0.25, 0.3) is 17.1 Å². The van der Waals surface area contributed by atoms with Crippen molar-refractivity contribution in [2.24, 2.45) is 0 Å². The number of hydrogen-bond donors (Lipinski definition) is 2. The first-order chi connectivity index (χ1) is 13.9. The number of fused-ring (bicyclic) bond motifs is 1. The minimum atomic E-state index is -0.0411. The fourth-order valence-electron chi connectivity index (χ4n) is 3.19. The van der Waals surface area contributed by atoms with Gasteiger partial charge in [-0.3, -0.25) is 0 Å². The normalized spacial score (nSPS) is 11.4. The summed E-state index contributed by atoms with van der Waals surface area (Å²) in [5, 5.41) is 3.30. The van der Waals surface area contributed by atoms with E-state index in [0.717, 1.165) is 33.6 Å². The van der Waals surface area contributed by atoms with Gasteiger partial charge in [-0.25, -0.2) is 9.97 Å². The van der Waals surface area contributed by atoms with E-state index in [-0.39, 0.29) is 5.41 Å². The minimum Gasteiger partial charge on any atom is -0.437 e. The Balaban J connectivity index is 1.66. The Labute approximate surface area is 170 Å². The minimum absolute atomic E-state index is 0.0411. The third-order valence-corrected chi connectivity index (χ3v) is 4.67. The molecular formula is C24H24N4O. The predicted molar refractivity (Wildman–Crippen MR) is 119 cm³/mol. The highest BCUT2D eigenvalue weighted by molar-refractivity contribution is 5.81. The SMILES string of the molecule is C=Cc1ccc2nc(Nc3cccnc3Oc3ccccc3C(C)(C)C)[nH]c2c1. The van der Waals surface area contributed by atoms with Crippen LogP contribution < -0.4 is 10.1 Å². The van der Waals surface area contributed by atoms with E-state index >= 15 is 0 Å². The summed E-state index contributed by atoms with van der Waals surface area (Å²) in [6, 6.07) is 17.8. The number of H-pyrrole nitrogens is 1. The van der Waals surface area contributed by atoms with E-state index < -0.39 is 0 Å². The van der Waals surface area contributed by atoms with Crippen LogP contribution in [0.1, 0.15) is 31.9 Å². The molecule has 0 aliphatic rings. The molecule has 5 heteroatoms. The summed E-state index contributed by atoms with van der Waals surface area (Å²) >= 11 is 0. The zero-order valence-corrected chi connectivity index (χ0v) is 16.9. The van der Waals surface area contributed by atoms with Crippen LogP contribution in [-0.4, -0.2) is 15.0 Å². The maximum Gasteiger partial charge on any atom is 0.243 e. The second-order valence-corrected chi connectivity index (χ2v) is 7.90. The number of aromatic amines is 1. The van der Waals surface area contributed by atoms with E-state index in [1.165, 1.54) is 0 Å². The first-order valence-electron chi connectivity index (χ1n) is 9.55. The predicted octanol–water partition coefficient (Wildman–Crippen LogP) is 6.43. The Hall–Kier alpha value is -3.60. The summed E-state index contributed by atoms with van der Waals surface area (Å²) < 4.78 is 6.22. The van der Waals surface area contributed by atoms with Gasteiger partial charge in [0.2, 0.25) is 11.8 Å². The molecule has 2 aromatic carbocycles. The average Bonchev–Trinajstić information content (AvgIpc) is 3.10. The van der Waals surface area contributed by atoms with E-state index in [2.05, 4.69) is 53.7 Å². The Morgan fingerprint density at radius 2 is 1.90 bits per heavy atom. The van der Waals surface area contributed by atoms with Crippen LogP contribution in [0.5, 0.6) is 11.6 Å². The molecule has 0 aliphatic heterocycles. The molecule has 29 heavy (non-hydrogen) atoms. The molecule has 0 bridgehead atoms. The molecule has 0 atom stereocenters. The number of rotatable bonds is 5. The van der Waals surface area contributed by atoms with Gasteiger partial charge in [0.25, 0.3) is 0 Å². The maximum absolute atomic E-state index is 6.22. The third kappa shape index (κ3) is 3.99. The van der Waals surface area contributed by atoms with E-state index in [1.807, 2.05) is 54.6 Å². The van der Waals surface area contributed by atoms with Gasteiger partial charge in [-0.05, 0) is 41.3 Å². The van der Waals surface area contributed by atoms with E-state index in [4.69, 9.17) is 4.74 Å². The van der Waals surface area contributed by atoms with Crippen LogP contribution in [0, 0.1) is 0 Å². The monoisotopic (exact) mass is 384 g/mol. The standard InChI is InChI=1S/C24H24N4O/c1-5-16-12-13-18-20(15-16)28-23(26-18)27-19-10-8-14-25-22(19)29-21-11-7-6-9-17(21)24(2,3)4/h5-15H,1H2,2-4H3,(H2,26,27,28). The van der Waals surface area contributed by atoms with Gasteiger partial charge in [-0.1, -0.05) is 57.7 Å².